The molecule has 0 N–H and O–H groups in total. The highest BCUT2D eigenvalue weighted by Gasteiger charge is 2.33. The largest absolute Gasteiger partial charge is 0.493 e. The van der Waals surface area contributed by atoms with Crippen LogP contribution in [0.25, 0.3) is 11.3 Å². The van der Waals surface area contributed by atoms with Gasteiger partial charge in [0.15, 0.2) is 11.5 Å². The Morgan fingerprint density at radius 2 is 1.78 bits per heavy atom. The maximum atomic E-state index is 13.6. The number of methoxy groups -OCH3 is 1. The summed E-state index contributed by atoms with van der Waals surface area (Å²) in [4.78, 5) is 4.64. The fourth-order valence-electron chi connectivity index (χ4n) is 3.39. The molecule has 4 aromatic rings. The molecule has 1 aromatic heterocycles. The molecule has 0 radical (unpaired) electrons. The number of hydrogen-bond acceptors (Lipinski definition) is 5. The maximum absolute atomic E-state index is 13.6. The number of hydrogen-bond donors (Lipinski definition) is 0. The van der Waals surface area contributed by atoms with Gasteiger partial charge in [0.25, 0.3) is 0 Å². The summed E-state index contributed by atoms with van der Waals surface area (Å²) in [5, 5.41) is 6.41. The van der Waals surface area contributed by atoms with Crippen LogP contribution < -0.4 is 14.3 Å². The summed E-state index contributed by atoms with van der Waals surface area (Å²) in [5.41, 5.74) is 1.25. The lowest BCUT2D eigenvalue weighted by Crippen LogP contribution is -2.13. The van der Waals surface area contributed by atoms with Gasteiger partial charge in [0, 0.05) is 15.4 Å². The quantitative estimate of drug-likeness (QED) is 0.214. The predicted octanol–water partition coefficient (Wildman–Crippen LogP) is 7.52. The lowest BCUT2D eigenvalue weighted by molar-refractivity contribution is -0.137. The number of benzene rings is 3. The number of aromatic nitrogens is 1. The van der Waals surface area contributed by atoms with Crippen molar-refractivity contribution in [2.24, 2.45) is 10.1 Å². The molecule has 3 aromatic carbocycles. The van der Waals surface area contributed by atoms with E-state index in [4.69, 9.17) is 9.47 Å². The second-order valence-electron chi connectivity index (χ2n) is 7.44. The van der Waals surface area contributed by atoms with E-state index in [0.29, 0.717) is 28.6 Å². The Balaban J connectivity index is 1.85. The van der Waals surface area contributed by atoms with Gasteiger partial charge in [0.1, 0.15) is 0 Å². The van der Waals surface area contributed by atoms with Crippen LogP contribution in [-0.4, -0.2) is 24.6 Å². The molecular weight excluding hydrogens is 555 g/mol. The molecule has 0 saturated heterocycles. The summed E-state index contributed by atoms with van der Waals surface area (Å²) in [5.74, 6) is 1.16. The number of thiazole rings is 1. The first kappa shape index (κ1) is 25.7. The van der Waals surface area contributed by atoms with Crippen LogP contribution >= 0.6 is 27.3 Å². The van der Waals surface area contributed by atoms with E-state index in [0.717, 1.165) is 21.7 Å². The molecule has 0 fully saturated rings. The van der Waals surface area contributed by atoms with Gasteiger partial charge in [-0.05, 0) is 55.0 Å². The standard InChI is InChI=1S/C26H21BrF3N3O2S/c1-3-35-23-13-8-17(14-24(23)34-2)15-31-33-22(18-9-11-19(27)12-10-18)16-36-25(33)32-21-7-5-4-6-20(21)26(28,29)30/h4-16H,3H2,1-2H3. The monoisotopic (exact) mass is 575 g/mol. The van der Waals surface area contributed by atoms with Crippen molar-refractivity contribution >= 4 is 39.2 Å². The van der Waals surface area contributed by atoms with E-state index in [-0.39, 0.29) is 5.69 Å². The molecule has 0 spiro atoms. The van der Waals surface area contributed by atoms with Crippen LogP contribution in [0.1, 0.15) is 18.1 Å². The van der Waals surface area contributed by atoms with Gasteiger partial charge in [0.05, 0.1) is 36.9 Å². The SMILES string of the molecule is CCOc1ccc(C=Nn2c(-c3ccc(Br)cc3)csc2=Nc2ccccc2C(F)(F)F)cc1OC. The van der Waals surface area contributed by atoms with Gasteiger partial charge in [0.2, 0.25) is 4.80 Å². The minimum absolute atomic E-state index is 0.180. The summed E-state index contributed by atoms with van der Waals surface area (Å²) in [6, 6.07) is 18.2. The van der Waals surface area contributed by atoms with Gasteiger partial charge in [-0.1, -0.05) is 40.2 Å². The lowest BCUT2D eigenvalue weighted by Gasteiger charge is -2.10. The molecule has 0 unspecified atom stereocenters. The number of nitrogens with zero attached hydrogens (tertiary/aromatic N) is 3. The Morgan fingerprint density at radius 3 is 2.47 bits per heavy atom. The number of halogens is 4. The topological polar surface area (TPSA) is 48.1 Å². The summed E-state index contributed by atoms with van der Waals surface area (Å²) >= 11 is 4.62. The molecule has 4 rings (SSSR count). The summed E-state index contributed by atoms with van der Waals surface area (Å²) in [7, 11) is 1.55. The number of ether oxygens (including phenoxy) is 2. The van der Waals surface area contributed by atoms with Gasteiger partial charge in [-0.25, -0.2) is 9.67 Å². The van der Waals surface area contributed by atoms with E-state index < -0.39 is 11.7 Å². The van der Waals surface area contributed by atoms with E-state index in [9.17, 15) is 13.2 Å². The van der Waals surface area contributed by atoms with E-state index in [1.807, 2.05) is 42.6 Å². The maximum Gasteiger partial charge on any atom is 0.418 e. The molecule has 0 aliphatic rings. The van der Waals surface area contributed by atoms with E-state index in [1.165, 1.54) is 34.2 Å². The first-order chi connectivity index (χ1) is 17.3. The lowest BCUT2D eigenvalue weighted by atomic mass is 10.2. The third-order valence-electron chi connectivity index (χ3n) is 5.06. The van der Waals surface area contributed by atoms with Crippen molar-refractivity contribution in [2.45, 2.75) is 13.1 Å². The van der Waals surface area contributed by atoms with Crippen molar-refractivity contribution in [2.75, 3.05) is 13.7 Å². The van der Waals surface area contributed by atoms with Crippen LogP contribution in [0.15, 0.2) is 86.7 Å². The number of para-hydroxylation sites is 1. The first-order valence-electron chi connectivity index (χ1n) is 10.8. The Labute approximate surface area is 218 Å². The van der Waals surface area contributed by atoms with Crippen LogP contribution in [0.5, 0.6) is 11.5 Å². The average molecular weight is 576 g/mol. The molecule has 0 amide bonds. The zero-order valence-corrected chi connectivity index (χ0v) is 21.7. The molecule has 0 aliphatic heterocycles. The first-order valence-corrected chi connectivity index (χ1v) is 12.5. The average Bonchev–Trinajstić information content (AvgIpc) is 3.26. The molecule has 0 aliphatic carbocycles. The van der Waals surface area contributed by atoms with Crippen LogP contribution in [0, 0.1) is 0 Å². The minimum Gasteiger partial charge on any atom is -0.493 e. The zero-order valence-electron chi connectivity index (χ0n) is 19.3. The Morgan fingerprint density at radius 1 is 1.03 bits per heavy atom. The molecule has 186 valence electrons. The highest BCUT2D eigenvalue weighted by molar-refractivity contribution is 9.10. The molecule has 1 heterocycles. The molecule has 36 heavy (non-hydrogen) atoms. The Kier molecular flexibility index (Phi) is 7.95. The van der Waals surface area contributed by atoms with Crippen LogP contribution in [0.3, 0.4) is 0 Å². The Hall–Kier alpha value is -3.37. The van der Waals surface area contributed by atoms with Crippen molar-refractivity contribution in [3.05, 3.63) is 92.5 Å². The fraction of sp³-hybridized carbons (Fsp3) is 0.154. The summed E-state index contributed by atoms with van der Waals surface area (Å²) in [6.45, 7) is 2.38. The van der Waals surface area contributed by atoms with Crippen LogP contribution in [0.2, 0.25) is 0 Å². The predicted molar refractivity (Wildman–Crippen MR) is 139 cm³/mol. The van der Waals surface area contributed by atoms with Gasteiger partial charge in [-0.15, -0.1) is 11.3 Å². The zero-order chi connectivity index (χ0) is 25.7. The van der Waals surface area contributed by atoms with Crippen LogP contribution in [-0.2, 0) is 6.18 Å². The van der Waals surface area contributed by atoms with E-state index in [2.05, 4.69) is 26.0 Å². The summed E-state index contributed by atoms with van der Waals surface area (Å²) < 4.78 is 54.1. The van der Waals surface area contributed by atoms with Crippen molar-refractivity contribution in [3.8, 4) is 22.8 Å². The van der Waals surface area contributed by atoms with Crippen molar-refractivity contribution in [1.82, 2.24) is 4.68 Å². The third kappa shape index (κ3) is 5.88. The smallest absolute Gasteiger partial charge is 0.418 e. The molecule has 10 heteroatoms. The number of alkyl halides is 3. The molecule has 0 atom stereocenters. The van der Waals surface area contributed by atoms with E-state index >= 15 is 0 Å². The minimum atomic E-state index is -4.53. The normalized spacial score (nSPS) is 12.3. The molecular formula is C26H21BrF3N3O2S. The molecule has 5 nitrogen and oxygen atoms in total. The Bertz CT molecular complexity index is 1440. The van der Waals surface area contributed by atoms with Gasteiger partial charge in [-0.3, -0.25) is 0 Å². The molecule has 0 saturated carbocycles. The van der Waals surface area contributed by atoms with Crippen LogP contribution in [0.4, 0.5) is 18.9 Å². The van der Waals surface area contributed by atoms with Crippen molar-refractivity contribution < 1.29 is 22.6 Å². The second-order valence-corrected chi connectivity index (χ2v) is 9.19. The number of rotatable bonds is 7. The summed E-state index contributed by atoms with van der Waals surface area (Å²) in [6.07, 6.45) is -2.93. The third-order valence-corrected chi connectivity index (χ3v) is 6.41. The van der Waals surface area contributed by atoms with Gasteiger partial charge < -0.3 is 9.47 Å². The highest BCUT2D eigenvalue weighted by Crippen LogP contribution is 2.36. The second kappa shape index (κ2) is 11.1. The van der Waals surface area contributed by atoms with E-state index in [1.54, 1.807) is 25.5 Å². The molecule has 0 bridgehead atoms. The van der Waals surface area contributed by atoms with Crippen molar-refractivity contribution in [3.63, 3.8) is 0 Å². The highest BCUT2D eigenvalue weighted by atomic mass is 79.9. The van der Waals surface area contributed by atoms with Gasteiger partial charge >= 0.3 is 6.18 Å². The fourth-order valence-corrected chi connectivity index (χ4v) is 4.50. The van der Waals surface area contributed by atoms with Crippen molar-refractivity contribution in [1.29, 1.82) is 0 Å². The van der Waals surface area contributed by atoms with Gasteiger partial charge in [-0.2, -0.15) is 18.3 Å².